The second-order valence-electron chi connectivity index (χ2n) is 12.2. The molecule has 10 nitrogen and oxygen atoms in total. The first-order valence-corrected chi connectivity index (χ1v) is 15.1. The number of benzene rings is 1. The number of amides is 1. The molecule has 5 atom stereocenters. The Kier molecular flexibility index (Phi) is 9.48. The number of nitriles is 1. The minimum Gasteiger partial charge on any atom is -0.474 e. The van der Waals surface area contributed by atoms with Crippen LogP contribution >= 0.6 is 0 Å². The van der Waals surface area contributed by atoms with Crippen LogP contribution in [0.4, 0.5) is 8.78 Å². The fraction of sp³-hybridized carbons (Fsp3) is 0.485. The van der Waals surface area contributed by atoms with Crippen LogP contribution in [0.5, 0.6) is 11.8 Å². The van der Waals surface area contributed by atoms with E-state index in [1.807, 2.05) is 32.7 Å². The third-order valence-corrected chi connectivity index (χ3v) is 8.73. The lowest BCUT2D eigenvalue weighted by molar-refractivity contribution is -0.130. The number of rotatable bonds is 10. The molecule has 2 aromatic heterocycles. The summed E-state index contributed by atoms with van der Waals surface area (Å²) in [6, 6.07) is 11.4. The Hall–Kier alpha value is -4.37. The number of nitrogens with zero attached hydrogens (tertiary/aromatic N) is 6. The van der Waals surface area contributed by atoms with Crippen LogP contribution in [0.25, 0.3) is 11.6 Å². The summed E-state index contributed by atoms with van der Waals surface area (Å²) in [6.45, 7) is 9.86. The Labute approximate surface area is 261 Å². The molecule has 0 radical (unpaired) electrons. The quantitative estimate of drug-likeness (QED) is 0.280. The van der Waals surface area contributed by atoms with Crippen molar-refractivity contribution >= 4 is 5.91 Å². The van der Waals surface area contributed by atoms with Crippen molar-refractivity contribution in [3.05, 3.63) is 66.1 Å². The van der Waals surface area contributed by atoms with Gasteiger partial charge in [-0.3, -0.25) is 9.69 Å². The van der Waals surface area contributed by atoms with Gasteiger partial charge >= 0.3 is 0 Å². The van der Waals surface area contributed by atoms with Crippen LogP contribution in [-0.2, 0) is 10.2 Å². The molecule has 5 rings (SSSR count). The molecule has 238 valence electrons. The van der Waals surface area contributed by atoms with Gasteiger partial charge in [0.2, 0.25) is 29.3 Å². The van der Waals surface area contributed by atoms with Crippen molar-refractivity contribution < 1.29 is 27.6 Å². The van der Waals surface area contributed by atoms with E-state index in [0.29, 0.717) is 43.6 Å². The van der Waals surface area contributed by atoms with Crippen LogP contribution in [0.1, 0.15) is 57.7 Å². The number of likely N-dealkylation sites (N-methyl/N-ethyl adjacent to an activating group) is 1. The van der Waals surface area contributed by atoms with Gasteiger partial charge in [0.25, 0.3) is 0 Å². The number of hydrogen-bond donors (Lipinski definition) is 0. The number of aromatic nitrogens is 3. The molecule has 3 aromatic rings. The summed E-state index contributed by atoms with van der Waals surface area (Å²) < 4.78 is 47.1. The number of alkyl halides is 1. The Bertz CT molecular complexity index is 1570. The third-order valence-electron chi connectivity index (χ3n) is 8.73. The summed E-state index contributed by atoms with van der Waals surface area (Å²) in [4.78, 5) is 25.1. The fourth-order valence-corrected chi connectivity index (χ4v) is 6.20. The summed E-state index contributed by atoms with van der Waals surface area (Å²) in [5, 5.41) is 13.6. The summed E-state index contributed by atoms with van der Waals surface area (Å²) in [7, 11) is 1.86. The highest BCUT2D eigenvalue weighted by Crippen LogP contribution is 2.35. The zero-order valence-electron chi connectivity index (χ0n) is 26.0. The van der Waals surface area contributed by atoms with Crippen LogP contribution in [0.3, 0.4) is 0 Å². The fourth-order valence-electron chi connectivity index (χ4n) is 6.20. The van der Waals surface area contributed by atoms with Crippen molar-refractivity contribution in [1.82, 2.24) is 24.9 Å². The predicted molar refractivity (Wildman–Crippen MR) is 162 cm³/mol. The molecule has 0 bridgehead atoms. The lowest BCUT2D eigenvalue weighted by atomic mass is 9.81. The minimum atomic E-state index is -0.934. The number of hydrogen-bond acceptors (Lipinski definition) is 9. The van der Waals surface area contributed by atoms with Crippen molar-refractivity contribution in [2.75, 3.05) is 20.1 Å². The molecule has 1 aromatic carbocycles. The highest BCUT2D eigenvalue weighted by Gasteiger charge is 2.36. The van der Waals surface area contributed by atoms with Crippen molar-refractivity contribution in [3.63, 3.8) is 0 Å². The van der Waals surface area contributed by atoms with E-state index in [4.69, 9.17) is 14.0 Å². The zero-order valence-corrected chi connectivity index (χ0v) is 26.0. The average Bonchev–Trinajstić information content (AvgIpc) is 3.64. The average molecular weight is 621 g/mol. The maximum atomic E-state index is 14.7. The summed E-state index contributed by atoms with van der Waals surface area (Å²) >= 11 is 0. The van der Waals surface area contributed by atoms with Crippen LogP contribution in [-0.4, -0.2) is 81.4 Å². The number of halogens is 2. The topological polar surface area (TPSA) is 118 Å². The highest BCUT2D eigenvalue weighted by molar-refractivity contribution is 5.87. The molecule has 0 unspecified atom stereocenters. The van der Waals surface area contributed by atoms with Gasteiger partial charge in [-0.1, -0.05) is 29.9 Å². The smallest absolute Gasteiger partial charge is 0.246 e. The van der Waals surface area contributed by atoms with Gasteiger partial charge in [0.05, 0.1) is 24.3 Å². The summed E-state index contributed by atoms with van der Waals surface area (Å²) in [5.74, 6) is 0.209. The molecule has 4 heterocycles. The van der Waals surface area contributed by atoms with Gasteiger partial charge in [-0.2, -0.15) is 15.2 Å². The van der Waals surface area contributed by atoms with Gasteiger partial charge in [-0.25, -0.2) is 8.78 Å². The molecule has 12 heteroatoms. The molecule has 45 heavy (non-hydrogen) atoms. The lowest BCUT2D eigenvalue weighted by Gasteiger charge is -2.37. The molecule has 2 saturated heterocycles. The third kappa shape index (κ3) is 6.99. The van der Waals surface area contributed by atoms with Crippen molar-refractivity contribution in [2.45, 2.75) is 82.3 Å². The van der Waals surface area contributed by atoms with Crippen molar-refractivity contribution in [1.29, 1.82) is 5.26 Å². The van der Waals surface area contributed by atoms with Crippen molar-refractivity contribution in [3.8, 4) is 29.4 Å². The zero-order chi connectivity index (χ0) is 32.3. The summed E-state index contributed by atoms with van der Waals surface area (Å²) in [5.41, 5.74) is 0.117. The number of carbonyl (C=O) groups excluding carboxylic acids is 1. The van der Waals surface area contributed by atoms with Crippen molar-refractivity contribution in [2.24, 2.45) is 0 Å². The molecule has 2 fully saturated rings. The Morgan fingerprint density at radius 2 is 2.02 bits per heavy atom. The predicted octanol–water partition coefficient (Wildman–Crippen LogP) is 5.24. The van der Waals surface area contributed by atoms with E-state index in [0.717, 1.165) is 0 Å². The maximum Gasteiger partial charge on any atom is 0.246 e. The van der Waals surface area contributed by atoms with Gasteiger partial charge in [0.1, 0.15) is 24.2 Å². The van der Waals surface area contributed by atoms with Crippen LogP contribution in [0.15, 0.2) is 53.6 Å². The molecule has 1 amide bonds. The van der Waals surface area contributed by atoms with Crippen LogP contribution in [0.2, 0.25) is 0 Å². The second-order valence-corrected chi connectivity index (χ2v) is 12.2. The number of likely N-dealkylation sites (tertiary alicyclic amines) is 2. The van der Waals surface area contributed by atoms with Crippen LogP contribution in [0, 0.1) is 17.1 Å². The van der Waals surface area contributed by atoms with E-state index in [1.54, 1.807) is 35.2 Å². The van der Waals surface area contributed by atoms with E-state index in [2.05, 4.69) is 27.8 Å². The van der Waals surface area contributed by atoms with Gasteiger partial charge < -0.3 is 18.9 Å². The highest BCUT2D eigenvalue weighted by atomic mass is 19.1. The van der Waals surface area contributed by atoms with E-state index >= 15 is 0 Å². The Morgan fingerprint density at radius 3 is 2.71 bits per heavy atom. The van der Waals surface area contributed by atoms with Gasteiger partial charge in [0, 0.05) is 49.5 Å². The molecule has 2 aliphatic rings. The lowest BCUT2D eigenvalue weighted by Crippen LogP contribution is -2.48. The SMILES string of the molecule is C=CC(=O)N1CC[C@H](Oc2cc(O[C@@H](C)[C@@H]3C[C@H](F)CN3C)nc(-c3cc(C(C)(C)c4ccccc4F)no3)n2)C[C@H]1CC#N. The Morgan fingerprint density at radius 1 is 1.27 bits per heavy atom. The molecule has 0 aliphatic carbocycles. The largest absolute Gasteiger partial charge is 0.474 e. The normalized spacial score (nSPS) is 22.9. The van der Waals surface area contributed by atoms with Crippen LogP contribution < -0.4 is 9.47 Å². The standard InChI is InChI=1S/C33H38F2N6O4/c1-6-31(42)41-14-12-23(16-22(41)11-13-36)44-30-18-29(43-20(2)26-15-21(34)19-40(26)5)37-32(38-30)27-17-28(39-45-27)33(3,4)24-9-7-8-10-25(24)35/h6-10,17-18,20-23,26H,1,11-12,14-16,19H2,2-5H3/t20-,21-,22+,23-,26-/m0/s1. The number of carbonyl (C=O) groups is 1. The van der Waals surface area contributed by atoms with E-state index in [1.165, 1.54) is 12.1 Å². The monoisotopic (exact) mass is 620 g/mol. The molecule has 0 saturated carbocycles. The summed E-state index contributed by atoms with van der Waals surface area (Å²) in [6.07, 6.45) is 1.01. The van der Waals surface area contributed by atoms with Gasteiger partial charge in [-0.05, 0) is 51.9 Å². The second kappa shape index (κ2) is 13.3. The molecular formula is C33H38F2N6O4. The first kappa shape index (κ1) is 32.0. The van der Waals surface area contributed by atoms with Gasteiger partial charge in [-0.15, -0.1) is 0 Å². The molecule has 2 aliphatic heterocycles. The van der Waals surface area contributed by atoms with E-state index in [9.17, 15) is 18.8 Å². The van der Waals surface area contributed by atoms with Gasteiger partial charge in [0.15, 0.2) is 0 Å². The molecule has 0 N–H and O–H groups in total. The number of ether oxygens (including phenoxy) is 2. The minimum absolute atomic E-state index is 0.147. The molecular weight excluding hydrogens is 582 g/mol. The van der Waals surface area contributed by atoms with E-state index < -0.39 is 17.7 Å². The Balaban J connectivity index is 1.44. The first-order chi connectivity index (χ1) is 21.5. The first-order valence-electron chi connectivity index (χ1n) is 15.1. The van der Waals surface area contributed by atoms with E-state index in [-0.39, 0.29) is 59.7 Å². The molecule has 0 spiro atoms. The number of piperidine rings is 1. The maximum absolute atomic E-state index is 14.7.